The maximum absolute atomic E-state index is 12.4. The summed E-state index contributed by atoms with van der Waals surface area (Å²) in [7, 11) is 0. The molecule has 0 spiro atoms. The number of pyridine rings is 1. The van der Waals surface area contributed by atoms with Gasteiger partial charge in [0.15, 0.2) is 11.2 Å². The van der Waals surface area contributed by atoms with Crippen LogP contribution in [0.4, 0.5) is 0 Å². The van der Waals surface area contributed by atoms with Crippen molar-refractivity contribution >= 4 is 11.2 Å². The highest BCUT2D eigenvalue weighted by Gasteiger charge is 2.16. The Bertz CT molecular complexity index is 1410. The largest absolute Gasteiger partial charge is 0.334 e. The van der Waals surface area contributed by atoms with Gasteiger partial charge in [-0.05, 0) is 17.7 Å². The standard InChI is InChI=1S/C20H15N7O2/c28-19-16-18(27(20(29)25-19)15-7-4-8-21-10-15)24-17(23-16)14-9-22-26(12-14)11-13-5-2-1-3-6-13/h1-10,12H,11H2,(H,23,24)(H,25,28,29). The number of hydrogen-bond acceptors (Lipinski definition) is 5. The molecule has 0 bridgehead atoms. The molecule has 29 heavy (non-hydrogen) atoms. The number of aromatic amines is 2. The van der Waals surface area contributed by atoms with Crippen LogP contribution in [-0.4, -0.2) is 34.3 Å². The maximum atomic E-state index is 12.4. The summed E-state index contributed by atoms with van der Waals surface area (Å²) in [6.07, 6.45) is 6.65. The highest BCUT2D eigenvalue weighted by molar-refractivity contribution is 5.76. The van der Waals surface area contributed by atoms with Crippen LogP contribution in [0.5, 0.6) is 0 Å². The SMILES string of the molecule is O=c1[nH]c(=O)n(-c2cccnc2)c2nc(-c3cnn(Cc4ccccc4)c3)[nH]c12. The van der Waals surface area contributed by atoms with Gasteiger partial charge in [0.25, 0.3) is 5.56 Å². The third kappa shape index (κ3) is 3.04. The van der Waals surface area contributed by atoms with Gasteiger partial charge < -0.3 is 4.98 Å². The van der Waals surface area contributed by atoms with Crippen molar-refractivity contribution in [2.24, 2.45) is 0 Å². The first-order valence-corrected chi connectivity index (χ1v) is 8.91. The number of aromatic nitrogens is 7. The number of H-pyrrole nitrogens is 2. The van der Waals surface area contributed by atoms with Crippen LogP contribution in [0.2, 0.25) is 0 Å². The zero-order valence-electron chi connectivity index (χ0n) is 15.1. The first-order chi connectivity index (χ1) is 14.2. The molecule has 1 aromatic carbocycles. The Hall–Kier alpha value is -4.27. The molecule has 0 fully saturated rings. The summed E-state index contributed by atoms with van der Waals surface area (Å²) < 4.78 is 3.11. The quantitative estimate of drug-likeness (QED) is 0.489. The number of hydrogen-bond donors (Lipinski definition) is 2. The molecule has 0 atom stereocenters. The van der Waals surface area contributed by atoms with Gasteiger partial charge in [0.05, 0.1) is 30.2 Å². The van der Waals surface area contributed by atoms with Gasteiger partial charge in [-0.25, -0.2) is 14.3 Å². The lowest BCUT2D eigenvalue weighted by Gasteiger charge is -2.04. The molecule has 4 heterocycles. The summed E-state index contributed by atoms with van der Waals surface area (Å²) in [6, 6.07) is 13.4. The molecule has 0 unspecified atom stereocenters. The molecule has 0 aliphatic carbocycles. The van der Waals surface area contributed by atoms with Crippen molar-refractivity contribution in [2.45, 2.75) is 6.54 Å². The molecular weight excluding hydrogens is 370 g/mol. The Labute approximate surface area is 163 Å². The van der Waals surface area contributed by atoms with E-state index in [-0.39, 0.29) is 11.2 Å². The van der Waals surface area contributed by atoms with Crippen LogP contribution in [0.3, 0.4) is 0 Å². The van der Waals surface area contributed by atoms with Crippen molar-refractivity contribution < 1.29 is 0 Å². The summed E-state index contributed by atoms with van der Waals surface area (Å²) in [6.45, 7) is 0.613. The second-order valence-electron chi connectivity index (χ2n) is 6.50. The average molecular weight is 385 g/mol. The Morgan fingerprint density at radius 1 is 0.966 bits per heavy atom. The topological polar surface area (TPSA) is 114 Å². The smallest absolute Gasteiger partial charge is 0.332 e. The van der Waals surface area contributed by atoms with Gasteiger partial charge in [0, 0.05) is 12.4 Å². The molecule has 2 N–H and O–H groups in total. The van der Waals surface area contributed by atoms with Gasteiger partial charge in [-0.3, -0.25) is 19.4 Å². The molecule has 9 heteroatoms. The van der Waals surface area contributed by atoms with Gasteiger partial charge in [0.1, 0.15) is 5.82 Å². The van der Waals surface area contributed by atoms with Crippen LogP contribution in [0.1, 0.15) is 5.56 Å². The number of nitrogens with one attached hydrogen (secondary N) is 2. The van der Waals surface area contributed by atoms with Gasteiger partial charge in [-0.2, -0.15) is 5.10 Å². The van der Waals surface area contributed by atoms with Crippen molar-refractivity contribution in [2.75, 3.05) is 0 Å². The number of fused-ring (bicyclic) bond motifs is 1. The Kier molecular flexibility index (Phi) is 3.91. The molecule has 0 amide bonds. The van der Waals surface area contributed by atoms with E-state index in [1.807, 2.05) is 36.5 Å². The van der Waals surface area contributed by atoms with E-state index >= 15 is 0 Å². The van der Waals surface area contributed by atoms with Crippen molar-refractivity contribution in [1.29, 1.82) is 0 Å². The summed E-state index contributed by atoms with van der Waals surface area (Å²) in [4.78, 5) is 38.6. The summed E-state index contributed by atoms with van der Waals surface area (Å²) in [5.41, 5.74) is 1.68. The second-order valence-corrected chi connectivity index (χ2v) is 6.50. The third-order valence-corrected chi connectivity index (χ3v) is 4.55. The van der Waals surface area contributed by atoms with E-state index in [9.17, 15) is 9.59 Å². The average Bonchev–Trinajstić information content (AvgIpc) is 3.37. The van der Waals surface area contributed by atoms with Crippen molar-refractivity contribution in [1.82, 2.24) is 34.3 Å². The van der Waals surface area contributed by atoms with E-state index in [0.29, 0.717) is 23.6 Å². The molecule has 142 valence electrons. The predicted octanol–water partition coefficient (Wildman–Crippen LogP) is 1.71. The van der Waals surface area contributed by atoms with Crippen LogP contribution in [0, 0.1) is 0 Å². The van der Waals surface area contributed by atoms with E-state index in [4.69, 9.17) is 0 Å². The second kappa shape index (κ2) is 6.71. The monoisotopic (exact) mass is 385 g/mol. The Morgan fingerprint density at radius 2 is 1.83 bits per heavy atom. The van der Waals surface area contributed by atoms with Gasteiger partial charge in [-0.1, -0.05) is 30.3 Å². The molecule has 0 aliphatic rings. The minimum Gasteiger partial charge on any atom is -0.332 e. The fraction of sp³-hybridized carbons (Fsp3) is 0.0500. The minimum absolute atomic E-state index is 0.208. The molecule has 0 aliphatic heterocycles. The van der Waals surface area contributed by atoms with Crippen LogP contribution in [0.25, 0.3) is 28.2 Å². The van der Waals surface area contributed by atoms with Crippen LogP contribution in [0.15, 0.2) is 76.8 Å². The number of nitrogens with zero attached hydrogens (tertiary/aromatic N) is 5. The minimum atomic E-state index is -0.576. The van der Waals surface area contributed by atoms with Crippen molar-refractivity contribution in [3.63, 3.8) is 0 Å². The lowest BCUT2D eigenvalue weighted by molar-refractivity contribution is 0.687. The molecule has 0 saturated carbocycles. The first-order valence-electron chi connectivity index (χ1n) is 8.91. The number of rotatable bonds is 4. The van der Waals surface area contributed by atoms with Crippen LogP contribution >= 0.6 is 0 Å². The summed E-state index contributed by atoms with van der Waals surface area (Å²) >= 11 is 0. The molecular formula is C20H15N7O2. The van der Waals surface area contributed by atoms with E-state index in [2.05, 4.69) is 25.0 Å². The predicted molar refractivity (Wildman–Crippen MR) is 107 cm³/mol. The fourth-order valence-electron chi connectivity index (χ4n) is 3.20. The van der Waals surface area contributed by atoms with Crippen molar-refractivity contribution in [3.05, 3.63) is 93.7 Å². The maximum Gasteiger partial charge on any atom is 0.334 e. The van der Waals surface area contributed by atoms with Gasteiger partial charge >= 0.3 is 5.69 Å². The highest BCUT2D eigenvalue weighted by Crippen LogP contribution is 2.19. The van der Waals surface area contributed by atoms with Crippen molar-refractivity contribution in [3.8, 4) is 17.1 Å². The molecule has 0 radical (unpaired) electrons. The zero-order chi connectivity index (χ0) is 19.8. The van der Waals surface area contributed by atoms with E-state index in [1.54, 1.807) is 29.2 Å². The van der Waals surface area contributed by atoms with Crippen LogP contribution in [-0.2, 0) is 6.54 Å². The summed E-state index contributed by atoms with van der Waals surface area (Å²) in [5.74, 6) is 0.452. The lowest BCUT2D eigenvalue weighted by Crippen LogP contribution is -2.29. The molecule has 4 aromatic heterocycles. The highest BCUT2D eigenvalue weighted by atomic mass is 16.2. The van der Waals surface area contributed by atoms with E-state index in [1.165, 1.54) is 10.8 Å². The fourth-order valence-corrected chi connectivity index (χ4v) is 3.20. The molecule has 5 rings (SSSR count). The van der Waals surface area contributed by atoms with Crippen LogP contribution < -0.4 is 11.2 Å². The zero-order valence-corrected chi connectivity index (χ0v) is 15.1. The normalized spacial score (nSPS) is 11.2. The molecule has 0 saturated heterocycles. The first kappa shape index (κ1) is 16.9. The number of benzene rings is 1. The van der Waals surface area contributed by atoms with E-state index < -0.39 is 11.2 Å². The van der Waals surface area contributed by atoms with Gasteiger partial charge in [0.2, 0.25) is 0 Å². The Balaban J connectivity index is 1.60. The molecule has 9 nitrogen and oxygen atoms in total. The lowest BCUT2D eigenvalue weighted by atomic mass is 10.2. The summed E-state index contributed by atoms with van der Waals surface area (Å²) in [5, 5.41) is 4.37. The third-order valence-electron chi connectivity index (χ3n) is 4.55. The molecule has 5 aromatic rings. The Morgan fingerprint density at radius 3 is 2.62 bits per heavy atom. The van der Waals surface area contributed by atoms with Gasteiger partial charge in [-0.15, -0.1) is 0 Å². The van der Waals surface area contributed by atoms with E-state index in [0.717, 1.165) is 5.56 Å². The number of imidazole rings is 1.